The molecule has 0 radical (unpaired) electrons. The second-order valence-corrected chi connectivity index (χ2v) is 5.31. The molecule has 1 unspecified atom stereocenters. The van der Waals surface area contributed by atoms with Gasteiger partial charge < -0.3 is 0 Å². The van der Waals surface area contributed by atoms with Crippen molar-refractivity contribution in [1.29, 1.82) is 0 Å². The summed E-state index contributed by atoms with van der Waals surface area (Å²) in [6, 6.07) is 0. The molecule has 1 saturated carbocycles. The molecule has 1 atom stereocenters. The van der Waals surface area contributed by atoms with Gasteiger partial charge in [0.2, 0.25) is 0 Å². The van der Waals surface area contributed by atoms with Crippen molar-refractivity contribution in [1.82, 2.24) is 0 Å². The van der Waals surface area contributed by atoms with Gasteiger partial charge in [-0.2, -0.15) is 0 Å². The molecule has 0 N–H and O–H groups in total. The molecule has 0 bridgehead atoms. The summed E-state index contributed by atoms with van der Waals surface area (Å²) in [6.07, 6.45) is 13.4. The number of hydrogen-bond donors (Lipinski definition) is 0. The molecule has 0 aromatic rings. The zero-order chi connectivity index (χ0) is 11.1. The molecule has 0 heteroatoms. The smallest absolute Gasteiger partial charge is 0.0106 e. The highest BCUT2D eigenvalue weighted by molar-refractivity contribution is 4.95. The van der Waals surface area contributed by atoms with E-state index < -0.39 is 0 Å². The summed E-state index contributed by atoms with van der Waals surface area (Å²) in [6.45, 7) is 8.50. The molecule has 0 heterocycles. The Bertz CT molecular complexity index is 212. The lowest BCUT2D eigenvalue weighted by Crippen LogP contribution is -2.26. The maximum absolute atomic E-state index is 3.74. The zero-order valence-corrected chi connectivity index (χ0v) is 10.5. The van der Waals surface area contributed by atoms with Crippen LogP contribution in [0.2, 0.25) is 0 Å². The molecular weight excluding hydrogens is 180 g/mol. The Morgan fingerprint density at radius 2 is 1.73 bits per heavy atom. The minimum atomic E-state index is 0.514. The van der Waals surface area contributed by atoms with Crippen molar-refractivity contribution in [2.75, 3.05) is 0 Å². The number of allylic oxidation sites excluding steroid dienone is 1. The predicted molar refractivity (Wildman–Crippen MR) is 67.9 cm³/mol. The summed E-state index contributed by atoms with van der Waals surface area (Å²) >= 11 is 0. The fraction of sp³-hybridized carbons (Fsp3) is 0.800. The van der Waals surface area contributed by atoms with E-state index in [1.54, 1.807) is 0 Å². The van der Waals surface area contributed by atoms with Crippen LogP contribution in [0.1, 0.15) is 65.2 Å². The SMILES string of the molecule is C=C=CC(CC)C1(C)CCCCCCC1. The van der Waals surface area contributed by atoms with Crippen LogP contribution in [0, 0.1) is 11.3 Å². The van der Waals surface area contributed by atoms with Crippen molar-refractivity contribution in [3.8, 4) is 0 Å². The minimum absolute atomic E-state index is 0.514. The van der Waals surface area contributed by atoms with E-state index in [4.69, 9.17) is 0 Å². The largest absolute Gasteiger partial charge is 0.133 e. The van der Waals surface area contributed by atoms with Crippen LogP contribution >= 0.6 is 0 Å². The van der Waals surface area contributed by atoms with Gasteiger partial charge in [0, 0.05) is 0 Å². The number of rotatable bonds is 3. The van der Waals surface area contributed by atoms with Crippen LogP contribution in [0.15, 0.2) is 18.4 Å². The van der Waals surface area contributed by atoms with Crippen LogP contribution < -0.4 is 0 Å². The highest BCUT2D eigenvalue weighted by Gasteiger charge is 2.31. The average Bonchev–Trinajstić information content (AvgIpc) is 2.20. The fourth-order valence-electron chi connectivity index (χ4n) is 3.04. The normalized spacial score (nSPS) is 23.3. The summed E-state index contributed by atoms with van der Waals surface area (Å²) in [5, 5.41) is 0. The first-order valence-corrected chi connectivity index (χ1v) is 6.59. The van der Waals surface area contributed by atoms with Gasteiger partial charge in [-0.15, -0.1) is 5.73 Å². The van der Waals surface area contributed by atoms with Crippen molar-refractivity contribution in [2.45, 2.75) is 65.2 Å². The van der Waals surface area contributed by atoms with Gasteiger partial charge in [-0.1, -0.05) is 52.5 Å². The van der Waals surface area contributed by atoms with E-state index >= 15 is 0 Å². The quantitative estimate of drug-likeness (QED) is 0.563. The van der Waals surface area contributed by atoms with E-state index in [9.17, 15) is 0 Å². The first-order valence-electron chi connectivity index (χ1n) is 6.59. The van der Waals surface area contributed by atoms with Crippen molar-refractivity contribution < 1.29 is 0 Å². The highest BCUT2D eigenvalue weighted by Crippen LogP contribution is 2.42. The average molecular weight is 206 g/mol. The van der Waals surface area contributed by atoms with Crippen LogP contribution in [0.25, 0.3) is 0 Å². The number of hydrogen-bond acceptors (Lipinski definition) is 0. The maximum Gasteiger partial charge on any atom is -0.0106 e. The summed E-state index contributed by atoms with van der Waals surface area (Å²) in [4.78, 5) is 0. The summed E-state index contributed by atoms with van der Waals surface area (Å²) in [7, 11) is 0. The Hall–Kier alpha value is -0.480. The first kappa shape index (κ1) is 12.6. The molecule has 0 aromatic heterocycles. The Kier molecular flexibility index (Phi) is 5.19. The van der Waals surface area contributed by atoms with E-state index in [0.29, 0.717) is 11.3 Å². The second-order valence-electron chi connectivity index (χ2n) is 5.31. The minimum Gasteiger partial charge on any atom is -0.133 e. The van der Waals surface area contributed by atoms with Crippen LogP contribution in [-0.4, -0.2) is 0 Å². The van der Waals surface area contributed by atoms with E-state index in [1.165, 1.54) is 51.4 Å². The van der Waals surface area contributed by atoms with E-state index in [0.717, 1.165) is 0 Å². The lowest BCUT2D eigenvalue weighted by Gasteiger charge is -2.37. The van der Waals surface area contributed by atoms with Crippen molar-refractivity contribution in [2.24, 2.45) is 11.3 Å². The lowest BCUT2D eigenvalue weighted by molar-refractivity contribution is 0.163. The van der Waals surface area contributed by atoms with E-state index in [1.807, 2.05) is 0 Å². The third-order valence-corrected chi connectivity index (χ3v) is 4.15. The molecular formula is C15H26. The summed E-state index contributed by atoms with van der Waals surface area (Å²) in [5.41, 5.74) is 3.52. The highest BCUT2D eigenvalue weighted by atomic mass is 14.4. The molecule has 0 aliphatic heterocycles. The molecule has 0 amide bonds. The summed E-state index contributed by atoms with van der Waals surface area (Å²) < 4.78 is 0. The van der Waals surface area contributed by atoms with Crippen LogP contribution in [-0.2, 0) is 0 Å². The molecule has 1 aliphatic rings. The van der Waals surface area contributed by atoms with Crippen molar-refractivity contribution >= 4 is 0 Å². The molecule has 1 fully saturated rings. The van der Waals surface area contributed by atoms with Crippen molar-refractivity contribution in [3.63, 3.8) is 0 Å². The van der Waals surface area contributed by atoms with Gasteiger partial charge in [-0.05, 0) is 36.7 Å². The Labute approximate surface area is 95.5 Å². The fourth-order valence-corrected chi connectivity index (χ4v) is 3.04. The van der Waals surface area contributed by atoms with Crippen LogP contribution in [0.5, 0.6) is 0 Å². The van der Waals surface area contributed by atoms with Gasteiger partial charge >= 0.3 is 0 Å². The Morgan fingerprint density at radius 1 is 1.20 bits per heavy atom. The van der Waals surface area contributed by atoms with Gasteiger partial charge in [0.15, 0.2) is 0 Å². The predicted octanol–water partition coefficient (Wildman–Crippen LogP) is 5.10. The molecule has 0 saturated heterocycles. The Morgan fingerprint density at radius 3 is 2.20 bits per heavy atom. The monoisotopic (exact) mass is 206 g/mol. The first-order chi connectivity index (χ1) is 7.23. The van der Waals surface area contributed by atoms with Gasteiger partial charge in [0.1, 0.15) is 0 Å². The third kappa shape index (κ3) is 3.54. The topological polar surface area (TPSA) is 0 Å². The van der Waals surface area contributed by atoms with Gasteiger partial charge in [-0.25, -0.2) is 0 Å². The van der Waals surface area contributed by atoms with E-state index in [-0.39, 0.29) is 0 Å². The van der Waals surface area contributed by atoms with Gasteiger partial charge in [-0.3, -0.25) is 0 Å². The molecule has 0 spiro atoms. The summed E-state index contributed by atoms with van der Waals surface area (Å²) in [5.74, 6) is 0.688. The Balaban J connectivity index is 2.69. The molecule has 0 aromatic carbocycles. The van der Waals surface area contributed by atoms with Crippen molar-refractivity contribution in [3.05, 3.63) is 18.4 Å². The van der Waals surface area contributed by atoms with E-state index in [2.05, 4.69) is 32.2 Å². The van der Waals surface area contributed by atoms with Gasteiger partial charge in [0.05, 0.1) is 0 Å². The molecule has 1 rings (SSSR count). The lowest BCUT2D eigenvalue weighted by atomic mass is 9.68. The van der Waals surface area contributed by atoms with Crippen LogP contribution in [0.3, 0.4) is 0 Å². The third-order valence-electron chi connectivity index (χ3n) is 4.15. The van der Waals surface area contributed by atoms with Crippen LogP contribution in [0.4, 0.5) is 0 Å². The van der Waals surface area contributed by atoms with Gasteiger partial charge in [0.25, 0.3) is 0 Å². The zero-order valence-electron chi connectivity index (χ0n) is 10.5. The molecule has 15 heavy (non-hydrogen) atoms. The molecule has 86 valence electrons. The molecule has 0 nitrogen and oxygen atoms in total. The second kappa shape index (κ2) is 6.18. The standard InChI is InChI=1S/C15H26/c1-4-11-14(5-2)15(3)12-9-7-6-8-10-13-15/h11,14H,1,5-10,12-13H2,2-3H3. The maximum atomic E-state index is 3.74. The molecule has 1 aliphatic carbocycles.